The number of hydrogen-bond donors (Lipinski definition) is 3. The number of nitrogens with zero attached hydrogens (tertiary/aromatic N) is 1. The number of para-hydroxylation sites is 1. The van der Waals surface area contributed by atoms with Gasteiger partial charge in [0.25, 0.3) is 0 Å². The van der Waals surface area contributed by atoms with E-state index in [9.17, 15) is 9.59 Å². The van der Waals surface area contributed by atoms with E-state index in [4.69, 9.17) is 28.3 Å². The minimum Gasteiger partial charge on any atom is -0.478 e. The summed E-state index contributed by atoms with van der Waals surface area (Å²) in [4.78, 5) is 25.8. The van der Waals surface area contributed by atoms with Gasteiger partial charge in [-0.2, -0.15) is 0 Å². The van der Waals surface area contributed by atoms with E-state index >= 15 is 0 Å². The van der Waals surface area contributed by atoms with Crippen molar-refractivity contribution in [3.63, 3.8) is 0 Å². The summed E-state index contributed by atoms with van der Waals surface area (Å²) < 4.78 is 0. The number of amides is 2. The van der Waals surface area contributed by atoms with E-state index in [1.165, 1.54) is 17.5 Å². The number of carboxylic acids is 1. The van der Waals surface area contributed by atoms with Gasteiger partial charge < -0.3 is 20.6 Å². The summed E-state index contributed by atoms with van der Waals surface area (Å²) in [7, 11) is 0. The molecule has 0 atom stereocenters. The van der Waals surface area contributed by atoms with Gasteiger partial charge in [-0.3, -0.25) is 0 Å². The van der Waals surface area contributed by atoms with Crippen molar-refractivity contribution in [3.8, 4) is 0 Å². The molecule has 1 aromatic carbocycles. The molecule has 0 unspecified atom stereocenters. The molecular formula is C17H13Cl2N3O3S. The standard InChI is InChI=1S/C17H13Cl2N3O3S/c18-11-2-1-3-12(19)16(11)21-17(25)20-13-8-22(6-4-15(23)24)9-14-10(13)5-7-26-14/h1-8H,9H2,(H,23,24)(H2,20,21,25)/b6-4+. The topological polar surface area (TPSA) is 81.7 Å². The van der Waals surface area contributed by atoms with Crippen LogP contribution in [0.5, 0.6) is 0 Å². The number of rotatable bonds is 4. The second-order valence-corrected chi connectivity index (χ2v) is 7.12. The summed E-state index contributed by atoms with van der Waals surface area (Å²) in [6.07, 6.45) is 4.15. The molecule has 2 amide bonds. The normalized spacial score (nSPS) is 13.3. The molecule has 0 aliphatic carbocycles. The van der Waals surface area contributed by atoms with Crippen molar-refractivity contribution in [3.05, 3.63) is 68.6 Å². The van der Waals surface area contributed by atoms with Crippen molar-refractivity contribution >= 4 is 57.9 Å². The summed E-state index contributed by atoms with van der Waals surface area (Å²) in [6.45, 7) is 0.528. The number of anilines is 1. The Kier molecular flexibility index (Phi) is 5.51. The van der Waals surface area contributed by atoms with Crippen molar-refractivity contribution in [1.29, 1.82) is 0 Å². The maximum Gasteiger partial charge on any atom is 0.329 e. The van der Waals surface area contributed by atoms with Crippen molar-refractivity contribution < 1.29 is 14.7 Å². The first-order valence-electron chi connectivity index (χ1n) is 7.41. The van der Waals surface area contributed by atoms with Gasteiger partial charge in [0.2, 0.25) is 0 Å². The molecule has 1 aliphatic rings. The number of benzene rings is 1. The Morgan fingerprint density at radius 1 is 1.19 bits per heavy atom. The fourth-order valence-electron chi connectivity index (χ4n) is 2.39. The predicted octanol–water partition coefficient (Wildman–Crippen LogP) is 4.59. The number of urea groups is 1. The molecule has 26 heavy (non-hydrogen) atoms. The molecule has 1 aliphatic heterocycles. The maximum absolute atomic E-state index is 12.4. The van der Waals surface area contributed by atoms with E-state index in [2.05, 4.69) is 10.6 Å². The number of carboxylic acid groups (broad SMARTS) is 1. The lowest BCUT2D eigenvalue weighted by atomic mass is 10.1. The molecule has 3 N–H and O–H groups in total. The third kappa shape index (κ3) is 4.19. The minimum absolute atomic E-state index is 0.318. The largest absolute Gasteiger partial charge is 0.478 e. The summed E-state index contributed by atoms with van der Waals surface area (Å²) in [5, 5.41) is 16.7. The minimum atomic E-state index is -1.05. The lowest BCUT2D eigenvalue weighted by Gasteiger charge is -2.24. The Balaban J connectivity index is 1.80. The molecule has 9 heteroatoms. The summed E-state index contributed by atoms with van der Waals surface area (Å²) in [5.74, 6) is -1.05. The predicted molar refractivity (Wildman–Crippen MR) is 103 cm³/mol. The van der Waals surface area contributed by atoms with Gasteiger partial charge in [0, 0.05) is 28.9 Å². The first-order chi connectivity index (χ1) is 12.4. The molecule has 0 bridgehead atoms. The lowest BCUT2D eigenvalue weighted by molar-refractivity contribution is -0.131. The molecule has 2 aromatic rings. The van der Waals surface area contributed by atoms with Crippen molar-refractivity contribution in [2.45, 2.75) is 6.54 Å². The monoisotopic (exact) mass is 409 g/mol. The van der Waals surface area contributed by atoms with Crippen LogP contribution in [0.3, 0.4) is 0 Å². The number of fused-ring (bicyclic) bond motifs is 1. The number of nitrogens with one attached hydrogen (secondary N) is 2. The second kappa shape index (κ2) is 7.82. The number of carbonyl (C=O) groups excluding carboxylic acids is 1. The van der Waals surface area contributed by atoms with Crippen LogP contribution in [0.15, 0.2) is 48.1 Å². The van der Waals surface area contributed by atoms with E-state index < -0.39 is 12.0 Å². The fraction of sp³-hybridized carbons (Fsp3) is 0.0588. The third-order valence-electron chi connectivity index (χ3n) is 3.51. The zero-order valence-corrected chi connectivity index (χ0v) is 15.5. The summed E-state index contributed by atoms with van der Waals surface area (Å²) in [6, 6.07) is 6.32. The highest BCUT2D eigenvalue weighted by atomic mass is 35.5. The van der Waals surface area contributed by atoms with E-state index in [1.54, 1.807) is 29.3 Å². The van der Waals surface area contributed by atoms with Crippen molar-refractivity contribution in [2.24, 2.45) is 0 Å². The van der Waals surface area contributed by atoms with Gasteiger partial charge in [-0.05, 0) is 23.6 Å². The van der Waals surface area contributed by atoms with Gasteiger partial charge in [0.05, 0.1) is 28.0 Å². The molecule has 134 valence electrons. The van der Waals surface area contributed by atoms with Gasteiger partial charge in [-0.25, -0.2) is 9.59 Å². The second-order valence-electron chi connectivity index (χ2n) is 5.30. The fourth-order valence-corrected chi connectivity index (χ4v) is 3.78. The maximum atomic E-state index is 12.4. The van der Waals surface area contributed by atoms with Gasteiger partial charge >= 0.3 is 12.0 Å². The van der Waals surface area contributed by atoms with Crippen LogP contribution in [0, 0.1) is 0 Å². The van der Waals surface area contributed by atoms with Crippen LogP contribution in [0.4, 0.5) is 10.5 Å². The quantitative estimate of drug-likeness (QED) is 0.644. The highest BCUT2D eigenvalue weighted by molar-refractivity contribution is 7.10. The smallest absolute Gasteiger partial charge is 0.329 e. The number of thiophene rings is 1. The van der Waals surface area contributed by atoms with Crippen LogP contribution >= 0.6 is 34.5 Å². The third-order valence-corrected chi connectivity index (χ3v) is 5.05. The molecule has 6 nitrogen and oxygen atoms in total. The van der Waals surface area contributed by atoms with Gasteiger partial charge in [0.15, 0.2) is 0 Å². The first kappa shape index (κ1) is 18.3. The Hall–Kier alpha value is -2.48. The molecular weight excluding hydrogens is 397 g/mol. The molecule has 0 saturated carbocycles. The molecule has 3 rings (SSSR count). The van der Waals surface area contributed by atoms with Crippen LogP contribution < -0.4 is 10.6 Å². The Morgan fingerprint density at radius 3 is 2.62 bits per heavy atom. The SMILES string of the molecule is O=C(O)/C=C/N1C=C(NC(=O)Nc2c(Cl)cccc2Cl)c2ccsc2C1. The number of hydrogen-bond acceptors (Lipinski definition) is 4. The van der Waals surface area contributed by atoms with E-state index in [-0.39, 0.29) is 0 Å². The van der Waals surface area contributed by atoms with E-state index in [0.29, 0.717) is 28.0 Å². The van der Waals surface area contributed by atoms with Crippen molar-refractivity contribution in [2.75, 3.05) is 5.32 Å². The van der Waals surface area contributed by atoms with Crippen LogP contribution in [0.25, 0.3) is 5.70 Å². The molecule has 0 fully saturated rings. The zero-order chi connectivity index (χ0) is 18.7. The highest BCUT2D eigenvalue weighted by Crippen LogP contribution is 2.31. The molecule has 1 aromatic heterocycles. The average molecular weight is 410 g/mol. The number of carbonyl (C=O) groups is 2. The molecule has 0 saturated heterocycles. The van der Waals surface area contributed by atoms with Gasteiger partial charge in [0.1, 0.15) is 0 Å². The Morgan fingerprint density at radius 2 is 1.92 bits per heavy atom. The summed E-state index contributed by atoms with van der Waals surface area (Å²) in [5.41, 5.74) is 1.75. The molecule has 0 spiro atoms. The molecule has 0 radical (unpaired) electrons. The van der Waals surface area contributed by atoms with Crippen molar-refractivity contribution in [1.82, 2.24) is 10.2 Å². The Labute approximate surface area is 163 Å². The molecule has 2 heterocycles. The number of halogens is 2. The first-order valence-corrected chi connectivity index (χ1v) is 9.05. The van der Waals surface area contributed by atoms with Gasteiger partial charge in [-0.1, -0.05) is 29.3 Å². The zero-order valence-electron chi connectivity index (χ0n) is 13.2. The van der Waals surface area contributed by atoms with Crippen LogP contribution in [0.1, 0.15) is 10.4 Å². The van der Waals surface area contributed by atoms with E-state index in [0.717, 1.165) is 16.5 Å². The Bertz CT molecular complexity index is 903. The van der Waals surface area contributed by atoms with Crippen LogP contribution in [-0.2, 0) is 11.3 Å². The lowest BCUT2D eigenvalue weighted by Crippen LogP contribution is -2.30. The average Bonchev–Trinajstić information content (AvgIpc) is 3.05. The van der Waals surface area contributed by atoms with Gasteiger partial charge in [-0.15, -0.1) is 11.3 Å². The van der Waals surface area contributed by atoms with Crippen LogP contribution in [0.2, 0.25) is 10.0 Å². The van der Waals surface area contributed by atoms with E-state index in [1.807, 2.05) is 11.4 Å². The summed E-state index contributed by atoms with van der Waals surface area (Å²) >= 11 is 13.6. The number of aliphatic carboxylic acids is 1. The van der Waals surface area contributed by atoms with Crippen LogP contribution in [-0.4, -0.2) is 22.0 Å². The highest BCUT2D eigenvalue weighted by Gasteiger charge is 2.20.